The largest absolute Gasteiger partial charge is 0.465 e. The highest BCUT2D eigenvalue weighted by Crippen LogP contribution is 2.29. The van der Waals surface area contributed by atoms with Gasteiger partial charge in [-0.1, -0.05) is 58.8 Å². The highest BCUT2D eigenvalue weighted by molar-refractivity contribution is 5.69. The summed E-state index contributed by atoms with van der Waals surface area (Å²) in [6.07, 6.45) is 10.6. The molecule has 2 nitrogen and oxygen atoms in total. The number of hydrogen-bond donors (Lipinski definition) is 0. The third-order valence-electron chi connectivity index (χ3n) is 3.95. The Hall–Kier alpha value is -0.530. The average Bonchev–Trinajstić information content (AvgIpc) is 2.37. The lowest BCUT2D eigenvalue weighted by molar-refractivity contribution is -0.145. The summed E-state index contributed by atoms with van der Waals surface area (Å²) in [6, 6.07) is 0. The molecule has 0 spiro atoms. The number of unbranched alkanes of at least 4 members (excludes halogenated alkanes) is 2. The van der Waals surface area contributed by atoms with E-state index in [1.54, 1.807) is 0 Å². The molecular formula is C15H28O2. The van der Waals surface area contributed by atoms with Crippen molar-refractivity contribution < 1.29 is 9.53 Å². The number of carbonyl (C=O) groups excluding carboxylic acids is 1. The standard InChI is InChI=1S/C15H28O2/c1-3-4-6-11-15(16)17-12-13(2)14-9-7-5-8-10-14/h13-14H,3-12H2,1-2H3. The topological polar surface area (TPSA) is 26.3 Å². The Kier molecular flexibility index (Phi) is 7.30. The zero-order valence-corrected chi connectivity index (χ0v) is 11.5. The average molecular weight is 240 g/mol. The van der Waals surface area contributed by atoms with E-state index in [9.17, 15) is 4.79 Å². The van der Waals surface area contributed by atoms with E-state index in [-0.39, 0.29) is 5.97 Å². The van der Waals surface area contributed by atoms with E-state index in [0.717, 1.165) is 25.2 Å². The molecule has 0 aromatic rings. The monoisotopic (exact) mass is 240 g/mol. The second kappa shape index (κ2) is 8.54. The summed E-state index contributed by atoms with van der Waals surface area (Å²) in [4.78, 5) is 11.5. The Balaban J connectivity index is 2.09. The molecule has 0 aromatic heterocycles. The Morgan fingerprint density at radius 3 is 2.59 bits per heavy atom. The van der Waals surface area contributed by atoms with Crippen LogP contribution in [0.5, 0.6) is 0 Å². The third kappa shape index (κ3) is 6.09. The van der Waals surface area contributed by atoms with Crippen molar-refractivity contribution in [3.8, 4) is 0 Å². The van der Waals surface area contributed by atoms with Crippen LogP contribution in [0, 0.1) is 11.8 Å². The second-order valence-electron chi connectivity index (χ2n) is 5.52. The van der Waals surface area contributed by atoms with Gasteiger partial charge in [0.25, 0.3) is 0 Å². The van der Waals surface area contributed by atoms with Crippen molar-refractivity contribution >= 4 is 5.97 Å². The van der Waals surface area contributed by atoms with Crippen molar-refractivity contribution in [1.29, 1.82) is 0 Å². The van der Waals surface area contributed by atoms with E-state index in [1.807, 2.05) is 0 Å². The van der Waals surface area contributed by atoms with Gasteiger partial charge in [0, 0.05) is 6.42 Å². The van der Waals surface area contributed by atoms with Crippen LogP contribution in [0.4, 0.5) is 0 Å². The van der Waals surface area contributed by atoms with Gasteiger partial charge < -0.3 is 4.74 Å². The van der Waals surface area contributed by atoms with E-state index in [4.69, 9.17) is 4.74 Å². The van der Waals surface area contributed by atoms with Crippen LogP contribution < -0.4 is 0 Å². The second-order valence-corrected chi connectivity index (χ2v) is 5.52. The van der Waals surface area contributed by atoms with Gasteiger partial charge in [0.1, 0.15) is 0 Å². The van der Waals surface area contributed by atoms with E-state index in [2.05, 4.69) is 13.8 Å². The van der Waals surface area contributed by atoms with Crippen molar-refractivity contribution in [2.24, 2.45) is 11.8 Å². The van der Waals surface area contributed by atoms with Crippen LogP contribution in [0.2, 0.25) is 0 Å². The Morgan fingerprint density at radius 2 is 1.94 bits per heavy atom. The van der Waals surface area contributed by atoms with Crippen molar-refractivity contribution in [3.05, 3.63) is 0 Å². The SMILES string of the molecule is CCCCCC(=O)OCC(C)C1CCCCC1. The van der Waals surface area contributed by atoms with E-state index >= 15 is 0 Å². The van der Waals surface area contributed by atoms with E-state index < -0.39 is 0 Å². The van der Waals surface area contributed by atoms with Gasteiger partial charge in [-0.2, -0.15) is 0 Å². The number of esters is 1. The molecule has 0 radical (unpaired) electrons. The highest BCUT2D eigenvalue weighted by atomic mass is 16.5. The molecule has 0 amide bonds. The summed E-state index contributed by atoms with van der Waals surface area (Å²) in [6.45, 7) is 5.02. The lowest BCUT2D eigenvalue weighted by Gasteiger charge is -2.27. The molecule has 1 aliphatic carbocycles. The number of ether oxygens (including phenoxy) is 1. The predicted octanol–water partition coefficient (Wildman–Crippen LogP) is 4.33. The molecule has 17 heavy (non-hydrogen) atoms. The molecule has 0 saturated heterocycles. The van der Waals surface area contributed by atoms with Crippen LogP contribution >= 0.6 is 0 Å². The van der Waals surface area contributed by atoms with Crippen LogP contribution in [0.25, 0.3) is 0 Å². The van der Waals surface area contributed by atoms with Crippen molar-refractivity contribution in [1.82, 2.24) is 0 Å². The first-order chi connectivity index (χ1) is 8.24. The molecule has 0 aromatic carbocycles. The first-order valence-electron chi connectivity index (χ1n) is 7.39. The smallest absolute Gasteiger partial charge is 0.305 e. The third-order valence-corrected chi connectivity index (χ3v) is 3.95. The van der Waals surface area contributed by atoms with Gasteiger partial charge in [-0.3, -0.25) is 4.79 Å². The number of carbonyl (C=O) groups is 1. The lowest BCUT2D eigenvalue weighted by Crippen LogP contribution is -2.21. The van der Waals surface area contributed by atoms with Crippen LogP contribution in [-0.4, -0.2) is 12.6 Å². The lowest BCUT2D eigenvalue weighted by atomic mass is 9.81. The predicted molar refractivity (Wildman–Crippen MR) is 70.8 cm³/mol. The maximum atomic E-state index is 11.5. The van der Waals surface area contributed by atoms with Gasteiger partial charge in [0.05, 0.1) is 6.61 Å². The molecule has 1 aliphatic rings. The van der Waals surface area contributed by atoms with Crippen LogP contribution in [0.15, 0.2) is 0 Å². The first-order valence-corrected chi connectivity index (χ1v) is 7.39. The first kappa shape index (κ1) is 14.5. The summed E-state index contributed by atoms with van der Waals surface area (Å²) in [5, 5.41) is 0. The van der Waals surface area contributed by atoms with E-state index in [0.29, 0.717) is 18.9 Å². The molecule has 100 valence electrons. The summed E-state index contributed by atoms with van der Waals surface area (Å²) < 4.78 is 5.36. The minimum Gasteiger partial charge on any atom is -0.465 e. The molecule has 0 aliphatic heterocycles. The van der Waals surface area contributed by atoms with Crippen molar-refractivity contribution in [3.63, 3.8) is 0 Å². The molecule has 1 unspecified atom stereocenters. The van der Waals surface area contributed by atoms with Gasteiger partial charge in [-0.25, -0.2) is 0 Å². The number of rotatable bonds is 7. The molecule has 1 rings (SSSR count). The van der Waals surface area contributed by atoms with Crippen LogP contribution in [0.3, 0.4) is 0 Å². The minimum atomic E-state index is 0.00103. The van der Waals surface area contributed by atoms with Gasteiger partial charge in [-0.15, -0.1) is 0 Å². The molecule has 0 N–H and O–H groups in total. The van der Waals surface area contributed by atoms with Gasteiger partial charge in [-0.05, 0) is 18.3 Å². The zero-order chi connectivity index (χ0) is 12.5. The van der Waals surface area contributed by atoms with Gasteiger partial charge in [0.15, 0.2) is 0 Å². The summed E-state index contributed by atoms with van der Waals surface area (Å²) in [5.74, 6) is 1.33. The quantitative estimate of drug-likeness (QED) is 0.489. The maximum absolute atomic E-state index is 11.5. The Morgan fingerprint density at radius 1 is 1.24 bits per heavy atom. The van der Waals surface area contributed by atoms with Gasteiger partial charge in [0.2, 0.25) is 0 Å². The molecule has 1 fully saturated rings. The fraction of sp³-hybridized carbons (Fsp3) is 0.933. The van der Waals surface area contributed by atoms with E-state index in [1.165, 1.54) is 32.1 Å². The van der Waals surface area contributed by atoms with Crippen molar-refractivity contribution in [2.45, 2.75) is 71.6 Å². The molecule has 0 heterocycles. The Bertz CT molecular complexity index is 207. The zero-order valence-electron chi connectivity index (χ0n) is 11.5. The summed E-state index contributed by atoms with van der Waals surface area (Å²) in [5.41, 5.74) is 0. The summed E-state index contributed by atoms with van der Waals surface area (Å²) >= 11 is 0. The van der Waals surface area contributed by atoms with Crippen LogP contribution in [0.1, 0.15) is 71.6 Å². The Labute approximate surface area is 106 Å². The minimum absolute atomic E-state index is 0.00103. The highest BCUT2D eigenvalue weighted by Gasteiger charge is 2.20. The summed E-state index contributed by atoms with van der Waals surface area (Å²) in [7, 11) is 0. The van der Waals surface area contributed by atoms with Crippen LogP contribution in [-0.2, 0) is 9.53 Å². The molecule has 1 atom stereocenters. The van der Waals surface area contributed by atoms with Gasteiger partial charge >= 0.3 is 5.97 Å². The fourth-order valence-electron chi connectivity index (χ4n) is 2.66. The molecular weight excluding hydrogens is 212 g/mol. The maximum Gasteiger partial charge on any atom is 0.305 e. The molecule has 0 bridgehead atoms. The molecule has 2 heteroatoms. The number of hydrogen-bond acceptors (Lipinski definition) is 2. The fourth-order valence-corrected chi connectivity index (χ4v) is 2.66. The molecule has 1 saturated carbocycles. The van der Waals surface area contributed by atoms with Crippen molar-refractivity contribution in [2.75, 3.05) is 6.61 Å². The normalized spacial score (nSPS) is 18.9.